The molecule has 0 aliphatic carbocycles. The molecule has 27 heavy (non-hydrogen) atoms. The Morgan fingerprint density at radius 1 is 1.37 bits per heavy atom. The molecule has 2 amide bonds. The highest BCUT2D eigenvalue weighted by Gasteiger charge is 2.42. The van der Waals surface area contributed by atoms with Gasteiger partial charge in [-0.2, -0.15) is 0 Å². The summed E-state index contributed by atoms with van der Waals surface area (Å²) in [6.45, 7) is 4.73. The minimum atomic E-state index is 0.00739. The van der Waals surface area contributed by atoms with E-state index in [1.54, 1.807) is 24.9 Å². The molecule has 2 aliphatic heterocycles. The van der Waals surface area contributed by atoms with Crippen molar-refractivity contribution in [1.29, 1.82) is 0 Å². The van der Waals surface area contributed by atoms with Gasteiger partial charge in [-0.1, -0.05) is 0 Å². The average molecular weight is 370 g/mol. The molecule has 144 valence electrons. The number of furan rings is 1. The first-order valence-electron chi connectivity index (χ1n) is 9.65. The molecular formula is C20H26N4O3. The van der Waals surface area contributed by atoms with Gasteiger partial charge in [-0.3, -0.25) is 9.59 Å². The Morgan fingerprint density at radius 3 is 3.00 bits per heavy atom. The van der Waals surface area contributed by atoms with Crippen molar-refractivity contribution in [3.05, 3.63) is 41.9 Å². The number of carbonyl (C=O) groups excluding carboxylic acids is 2. The van der Waals surface area contributed by atoms with Crippen LogP contribution in [-0.2, 0) is 11.2 Å². The normalized spacial score (nSPS) is 23.2. The summed E-state index contributed by atoms with van der Waals surface area (Å²) in [7, 11) is 0. The predicted molar refractivity (Wildman–Crippen MR) is 99.1 cm³/mol. The molecule has 2 aliphatic rings. The lowest BCUT2D eigenvalue weighted by Crippen LogP contribution is -2.55. The van der Waals surface area contributed by atoms with Gasteiger partial charge < -0.3 is 19.2 Å². The van der Waals surface area contributed by atoms with Crippen molar-refractivity contribution in [3.8, 4) is 0 Å². The molecule has 0 saturated carbocycles. The fourth-order valence-electron chi connectivity index (χ4n) is 4.47. The summed E-state index contributed by atoms with van der Waals surface area (Å²) in [5, 5.41) is 0. The van der Waals surface area contributed by atoms with Gasteiger partial charge in [0.2, 0.25) is 5.91 Å². The highest BCUT2D eigenvalue weighted by molar-refractivity contribution is 5.95. The molecule has 4 rings (SSSR count). The third-order valence-corrected chi connectivity index (χ3v) is 5.99. The Hall–Kier alpha value is -2.57. The molecule has 7 nitrogen and oxygen atoms in total. The molecule has 2 aromatic rings. The van der Waals surface area contributed by atoms with Crippen molar-refractivity contribution in [2.24, 2.45) is 5.41 Å². The standard InChI is InChI=1S/C20H26N4O3/c1-15-17(5-10-27-15)19(26)24-8-2-6-20(13-24)7-3-18(25)23(12-20)9-4-16-11-21-14-22-16/h5,10-11,14H,2-4,6-9,12-13H2,1H3,(H,21,22)/t20-/m1/s1. The van der Waals surface area contributed by atoms with E-state index in [4.69, 9.17) is 4.42 Å². The number of piperidine rings is 2. The number of nitrogens with one attached hydrogen (secondary N) is 1. The predicted octanol–water partition coefficient (Wildman–Crippen LogP) is 2.40. The van der Waals surface area contributed by atoms with Crippen LogP contribution < -0.4 is 0 Å². The van der Waals surface area contributed by atoms with Gasteiger partial charge in [0.15, 0.2) is 0 Å². The number of nitrogens with zero attached hydrogens (tertiary/aromatic N) is 3. The summed E-state index contributed by atoms with van der Waals surface area (Å²) in [4.78, 5) is 36.4. The van der Waals surface area contributed by atoms with E-state index in [0.717, 1.165) is 44.5 Å². The maximum atomic E-state index is 12.9. The van der Waals surface area contributed by atoms with Crippen LogP contribution in [0.4, 0.5) is 0 Å². The second-order valence-corrected chi connectivity index (χ2v) is 7.86. The molecule has 1 atom stereocenters. The Balaban J connectivity index is 1.44. The molecule has 0 unspecified atom stereocenters. The van der Waals surface area contributed by atoms with Gasteiger partial charge in [0, 0.05) is 56.3 Å². The number of aromatic nitrogens is 2. The zero-order valence-corrected chi connectivity index (χ0v) is 15.7. The molecule has 4 heterocycles. The van der Waals surface area contributed by atoms with Gasteiger partial charge in [0.25, 0.3) is 5.91 Å². The van der Waals surface area contributed by atoms with Crippen molar-refractivity contribution >= 4 is 11.8 Å². The van der Waals surface area contributed by atoms with E-state index in [1.165, 1.54) is 0 Å². The second-order valence-electron chi connectivity index (χ2n) is 7.86. The minimum Gasteiger partial charge on any atom is -0.469 e. The van der Waals surface area contributed by atoms with Crippen molar-refractivity contribution in [3.63, 3.8) is 0 Å². The van der Waals surface area contributed by atoms with Crippen LogP contribution >= 0.6 is 0 Å². The molecule has 1 N–H and O–H groups in total. The maximum Gasteiger partial charge on any atom is 0.257 e. The molecule has 2 aromatic heterocycles. The molecule has 7 heteroatoms. The molecular weight excluding hydrogens is 344 g/mol. The second kappa shape index (κ2) is 7.21. The summed E-state index contributed by atoms with van der Waals surface area (Å²) in [6.07, 6.45) is 9.28. The minimum absolute atomic E-state index is 0.00739. The Bertz CT molecular complexity index is 813. The SMILES string of the molecule is Cc1occc1C(=O)N1CCC[C@]2(CCC(=O)N(CCc3cnc[nH]3)C2)C1. The van der Waals surface area contributed by atoms with Crippen LogP contribution in [0.15, 0.2) is 29.3 Å². The van der Waals surface area contributed by atoms with E-state index in [1.807, 2.05) is 16.7 Å². The van der Waals surface area contributed by atoms with E-state index in [0.29, 0.717) is 30.8 Å². The fraction of sp³-hybridized carbons (Fsp3) is 0.550. The van der Waals surface area contributed by atoms with Gasteiger partial charge in [0.1, 0.15) is 5.76 Å². The molecule has 2 saturated heterocycles. The quantitative estimate of drug-likeness (QED) is 0.896. The first-order chi connectivity index (χ1) is 13.1. The lowest BCUT2D eigenvalue weighted by Gasteiger charge is -2.48. The zero-order chi connectivity index (χ0) is 18.9. The van der Waals surface area contributed by atoms with Crippen LogP contribution in [0.3, 0.4) is 0 Å². The highest BCUT2D eigenvalue weighted by atomic mass is 16.3. The number of imidazole rings is 1. The van der Waals surface area contributed by atoms with Crippen molar-refractivity contribution in [2.75, 3.05) is 26.2 Å². The smallest absolute Gasteiger partial charge is 0.257 e. The van der Waals surface area contributed by atoms with Gasteiger partial charge in [0.05, 0.1) is 18.2 Å². The third-order valence-electron chi connectivity index (χ3n) is 5.99. The average Bonchev–Trinajstić information content (AvgIpc) is 3.34. The Morgan fingerprint density at radius 2 is 2.26 bits per heavy atom. The molecule has 0 bridgehead atoms. The largest absolute Gasteiger partial charge is 0.469 e. The van der Waals surface area contributed by atoms with Crippen LogP contribution in [0.5, 0.6) is 0 Å². The van der Waals surface area contributed by atoms with E-state index in [9.17, 15) is 9.59 Å². The zero-order valence-electron chi connectivity index (χ0n) is 15.7. The number of aryl methyl sites for hydroxylation is 1. The first kappa shape index (κ1) is 17.8. The first-order valence-corrected chi connectivity index (χ1v) is 9.65. The number of hydrogen-bond donors (Lipinski definition) is 1. The number of amides is 2. The Labute approximate surface area is 158 Å². The Kier molecular flexibility index (Phi) is 4.76. The van der Waals surface area contributed by atoms with Gasteiger partial charge in [-0.25, -0.2) is 4.98 Å². The van der Waals surface area contributed by atoms with Crippen LogP contribution in [0.2, 0.25) is 0 Å². The van der Waals surface area contributed by atoms with Gasteiger partial charge in [-0.15, -0.1) is 0 Å². The molecule has 0 radical (unpaired) electrons. The number of aromatic amines is 1. The van der Waals surface area contributed by atoms with E-state index >= 15 is 0 Å². The van der Waals surface area contributed by atoms with Crippen molar-refractivity contribution < 1.29 is 14.0 Å². The lowest BCUT2D eigenvalue weighted by atomic mass is 9.73. The van der Waals surface area contributed by atoms with Crippen LogP contribution in [-0.4, -0.2) is 57.8 Å². The summed E-state index contributed by atoms with van der Waals surface area (Å²) in [5.74, 6) is 0.926. The molecule has 0 aromatic carbocycles. The van der Waals surface area contributed by atoms with Crippen molar-refractivity contribution in [2.45, 2.75) is 39.0 Å². The maximum absolute atomic E-state index is 12.9. The molecule has 1 spiro atoms. The fourth-order valence-corrected chi connectivity index (χ4v) is 4.47. The van der Waals surface area contributed by atoms with Crippen LogP contribution in [0.25, 0.3) is 0 Å². The van der Waals surface area contributed by atoms with Crippen LogP contribution in [0.1, 0.15) is 47.5 Å². The van der Waals surface area contributed by atoms with Crippen LogP contribution in [0, 0.1) is 12.3 Å². The van der Waals surface area contributed by atoms with E-state index < -0.39 is 0 Å². The third kappa shape index (κ3) is 3.63. The van der Waals surface area contributed by atoms with E-state index in [-0.39, 0.29) is 17.2 Å². The topological polar surface area (TPSA) is 82.4 Å². The summed E-state index contributed by atoms with van der Waals surface area (Å²) >= 11 is 0. The van der Waals surface area contributed by atoms with Gasteiger partial charge >= 0.3 is 0 Å². The number of carbonyl (C=O) groups is 2. The number of rotatable bonds is 4. The van der Waals surface area contributed by atoms with E-state index in [2.05, 4.69) is 9.97 Å². The van der Waals surface area contributed by atoms with Gasteiger partial charge in [-0.05, 0) is 32.3 Å². The van der Waals surface area contributed by atoms with Crippen molar-refractivity contribution in [1.82, 2.24) is 19.8 Å². The monoisotopic (exact) mass is 370 g/mol. The number of hydrogen-bond acceptors (Lipinski definition) is 4. The summed E-state index contributed by atoms with van der Waals surface area (Å²) in [6, 6.07) is 1.75. The molecule has 2 fully saturated rings. The summed E-state index contributed by atoms with van der Waals surface area (Å²) < 4.78 is 5.30. The number of H-pyrrole nitrogens is 1. The lowest BCUT2D eigenvalue weighted by molar-refractivity contribution is -0.138. The summed E-state index contributed by atoms with van der Waals surface area (Å²) in [5.41, 5.74) is 1.70. The highest BCUT2D eigenvalue weighted by Crippen LogP contribution is 2.39. The number of likely N-dealkylation sites (tertiary alicyclic amines) is 2.